The van der Waals surface area contributed by atoms with E-state index in [0.717, 1.165) is 37.2 Å². The molecule has 0 heterocycles. The van der Waals surface area contributed by atoms with E-state index < -0.39 is 14.2 Å². The minimum atomic E-state index is -1.75. The molecule has 0 aromatic heterocycles. The minimum absolute atomic E-state index is 0.0760. The van der Waals surface area contributed by atoms with Crippen molar-refractivity contribution in [2.45, 2.75) is 111 Å². The summed E-state index contributed by atoms with van der Waals surface area (Å²) >= 11 is 0. The summed E-state index contributed by atoms with van der Waals surface area (Å²) in [6, 6.07) is 9.59. The van der Waals surface area contributed by atoms with E-state index >= 15 is 0 Å². The Morgan fingerprint density at radius 1 is 0.949 bits per heavy atom. The summed E-state index contributed by atoms with van der Waals surface area (Å²) in [6.45, 7) is 20.2. The van der Waals surface area contributed by atoms with E-state index in [4.69, 9.17) is 4.43 Å². The van der Waals surface area contributed by atoms with Crippen molar-refractivity contribution in [3.8, 4) is 0 Å². The Labute approximate surface area is 239 Å². The molecule has 0 amide bonds. The molecule has 39 heavy (non-hydrogen) atoms. The summed E-state index contributed by atoms with van der Waals surface area (Å²) in [4.78, 5) is 27.0. The van der Waals surface area contributed by atoms with Crippen molar-refractivity contribution in [2.24, 2.45) is 52.3 Å². The van der Waals surface area contributed by atoms with Gasteiger partial charge in [-0.25, -0.2) is 0 Å². The van der Waals surface area contributed by atoms with E-state index in [-0.39, 0.29) is 27.9 Å². The van der Waals surface area contributed by atoms with Gasteiger partial charge in [-0.15, -0.1) is 0 Å². The third kappa shape index (κ3) is 4.84. The van der Waals surface area contributed by atoms with Crippen molar-refractivity contribution in [3.63, 3.8) is 0 Å². The van der Waals surface area contributed by atoms with Gasteiger partial charge in [-0.3, -0.25) is 9.59 Å². The molecule has 0 spiro atoms. The molecule has 4 fully saturated rings. The van der Waals surface area contributed by atoms with Crippen LogP contribution in [0.3, 0.4) is 0 Å². The van der Waals surface area contributed by atoms with Crippen molar-refractivity contribution in [3.05, 3.63) is 35.9 Å². The van der Waals surface area contributed by atoms with Crippen molar-refractivity contribution in [1.82, 2.24) is 0 Å². The van der Waals surface area contributed by atoms with Gasteiger partial charge in [0.1, 0.15) is 5.78 Å². The van der Waals surface area contributed by atoms with Gasteiger partial charge < -0.3 is 4.43 Å². The molecule has 3 nitrogen and oxygen atoms in total. The fraction of sp³-hybridized carbons (Fsp3) is 0.771. The first-order chi connectivity index (χ1) is 18.2. The van der Waals surface area contributed by atoms with Crippen LogP contribution in [-0.2, 0) is 9.22 Å². The fourth-order valence-corrected chi connectivity index (χ4v) is 11.0. The molecule has 0 aliphatic heterocycles. The normalized spacial score (nSPS) is 39.4. The molecule has 1 aromatic carbocycles. The first kappa shape index (κ1) is 29.2. The Balaban J connectivity index is 1.33. The van der Waals surface area contributed by atoms with E-state index in [1.54, 1.807) is 0 Å². The average Bonchev–Trinajstić information content (AvgIpc) is 3.24. The predicted molar refractivity (Wildman–Crippen MR) is 162 cm³/mol. The van der Waals surface area contributed by atoms with Gasteiger partial charge in [0.05, 0.1) is 5.92 Å². The lowest BCUT2D eigenvalue weighted by Gasteiger charge is -2.61. The molecule has 4 aliphatic rings. The van der Waals surface area contributed by atoms with Crippen LogP contribution in [0.5, 0.6) is 0 Å². The summed E-state index contributed by atoms with van der Waals surface area (Å²) in [5.74, 6) is 3.52. The smallest absolute Gasteiger partial charge is 0.191 e. The fourth-order valence-electron chi connectivity index (χ4n) is 9.93. The van der Waals surface area contributed by atoms with Crippen molar-refractivity contribution in [2.75, 3.05) is 6.61 Å². The number of carbonyl (C=O) groups excluding carboxylic acids is 2. The summed E-state index contributed by atoms with van der Waals surface area (Å²) in [6.07, 6.45) is 9.01. The zero-order chi connectivity index (χ0) is 28.4. The molecule has 216 valence electrons. The Bertz CT molecular complexity index is 1070. The van der Waals surface area contributed by atoms with E-state index in [1.807, 2.05) is 30.3 Å². The van der Waals surface area contributed by atoms with Crippen molar-refractivity contribution < 1.29 is 14.0 Å². The lowest BCUT2D eigenvalue weighted by atomic mass is 9.43. The molecule has 0 N–H and O–H groups in total. The maximum atomic E-state index is 13.7. The molecule has 0 radical (unpaired) electrons. The molecule has 5 rings (SSSR count). The van der Waals surface area contributed by atoms with E-state index in [2.05, 4.69) is 54.6 Å². The van der Waals surface area contributed by atoms with Gasteiger partial charge >= 0.3 is 0 Å². The highest BCUT2D eigenvalue weighted by molar-refractivity contribution is 6.74. The van der Waals surface area contributed by atoms with Crippen LogP contribution in [0.1, 0.15) is 103 Å². The summed E-state index contributed by atoms with van der Waals surface area (Å²) in [7, 11) is -1.75. The lowest BCUT2D eigenvalue weighted by Crippen LogP contribution is -2.57. The second-order valence-electron chi connectivity index (χ2n) is 16.0. The minimum Gasteiger partial charge on any atom is -0.417 e. The number of fused-ring (bicyclic) bond motifs is 5. The monoisotopic (exact) mass is 550 g/mol. The SMILES string of the molecule is C[C@@H](CO[Si](C)(C)C(C)(C)C)[C@H]1CC[C@H]2[C@@H]3CC[C@H]4C(C(=O)c5ccccc5)C(=O)CC[C@]4(C)[C@H]3CC[C@]12C. The van der Waals surface area contributed by atoms with Crippen molar-refractivity contribution >= 4 is 19.9 Å². The largest absolute Gasteiger partial charge is 0.417 e. The third-order valence-electron chi connectivity index (χ3n) is 13.2. The van der Waals surface area contributed by atoms with E-state index in [0.29, 0.717) is 29.2 Å². The maximum absolute atomic E-state index is 13.7. The zero-order valence-electron chi connectivity index (χ0n) is 26.0. The predicted octanol–water partition coefficient (Wildman–Crippen LogP) is 8.98. The van der Waals surface area contributed by atoms with Gasteiger partial charge in [-0.2, -0.15) is 0 Å². The summed E-state index contributed by atoms with van der Waals surface area (Å²) < 4.78 is 6.74. The van der Waals surface area contributed by atoms with E-state index in [1.165, 1.54) is 32.1 Å². The Kier molecular flexibility index (Phi) is 7.67. The number of ketones is 2. The number of carbonyl (C=O) groups is 2. The highest BCUT2D eigenvalue weighted by Crippen LogP contribution is 2.68. The number of rotatable bonds is 6. The molecule has 0 bridgehead atoms. The Morgan fingerprint density at radius 2 is 1.59 bits per heavy atom. The molecule has 1 unspecified atom stereocenters. The highest BCUT2D eigenvalue weighted by Gasteiger charge is 2.62. The standard InChI is InChI=1S/C35H54O3Si/c1-23(22-38-39(7,8)33(2,3)4)26-16-17-27-25-14-15-29-31(32(37)24-12-10-9-11-13-24)30(36)19-21-35(29,6)28(25)18-20-34(26,27)5/h9-13,23,25-29,31H,14-22H2,1-8H3/t23-,25-,26+,27-,28-,29-,31?,34+,35+/m0/s1. The number of hydrogen-bond acceptors (Lipinski definition) is 3. The van der Waals surface area contributed by atoms with Gasteiger partial charge in [0.2, 0.25) is 0 Å². The topological polar surface area (TPSA) is 43.4 Å². The van der Waals surface area contributed by atoms with Gasteiger partial charge in [0.25, 0.3) is 0 Å². The zero-order valence-corrected chi connectivity index (χ0v) is 27.0. The van der Waals surface area contributed by atoms with Crippen LogP contribution in [0.2, 0.25) is 18.1 Å². The highest BCUT2D eigenvalue weighted by atomic mass is 28.4. The molecule has 4 aliphatic carbocycles. The molecule has 1 aromatic rings. The third-order valence-corrected chi connectivity index (χ3v) is 17.7. The molecular formula is C35H54O3Si. The van der Waals surface area contributed by atoms with Gasteiger partial charge in [0, 0.05) is 18.6 Å². The number of hydrogen-bond donors (Lipinski definition) is 0. The maximum Gasteiger partial charge on any atom is 0.191 e. The van der Waals surface area contributed by atoms with Crippen LogP contribution in [0.4, 0.5) is 0 Å². The van der Waals surface area contributed by atoms with Crippen molar-refractivity contribution in [1.29, 1.82) is 0 Å². The molecule has 4 heteroatoms. The van der Waals surface area contributed by atoms with Crippen LogP contribution >= 0.6 is 0 Å². The molecule has 0 saturated heterocycles. The van der Waals surface area contributed by atoms with Crippen LogP contribution in [0.15, 0.2) is 30.3 Å². The molecule has 9 atom stereocenters. The lowest BCUT2D eigenvalue weighted by molar-refractivity contribution is -0.148. The van der Waals surface area contributed by atoms with Gasteiger partial charge in [-0.05, 0) is 109 Å². The second kappa shape index (κ2) is 10.2. The Hall–Kier alpha value is -1.26. The second-order valence-corrected chi connectivity index (χ2v) is 20.8. The molecular weight excluding hydrogens is 496 g/mol. The number of Topliss-reactive ketones (excluding diaryl/α,β-unsaturated/α-hetero) is 2. The summed E-state index contributed by atoms with van der Waals surface area (Å²) in [5, 5.41) is 0.252. The van der Waals surface area contributed by atoms with Crippen LogP contribution in [0, 0.1) is 52.3 Å². The first-order valence-corrected chi connectivity index (χ1v) is 18.9. The van der Waals surface area contributed by atoms with Crippen LogP contribution < -0.4 is 0 Å². The quantitative estimate of drug-likeness (QED) is 0.202. The van der Waals surface area contributed by atoms with E-state index in [9.17, 15) is 9.59 Å². The van der Waals surface area contributed by atoms with Gasteiger partial charge in [-0.1, -0.05) is 71.9 Å². The Morgan fingerprint density at radius 3 is 2.26 bits per heavy atom. The van der Waals surface area contributed by atoms with Crippen LogP contribution in [0.25, 0.3) is 0 Å². The average molecular weight is 551 g/mol. The summed E-state index contributed by atoms with van der Waals surface area (Å²) in [5.41, 5.74) is 1.21. The number of benzene rings is 1. The molecule has 4 saturated carbocycles. The first-order valence-electron chi connectivity index (χ1n) is 16.0. The van der Waals surface area contributed by atoms with Gasteiger partial charge in [0.15, 0.2) is 14.1 Å². The van der Waals surface area contributed by atoms with Crippen LogP contribution in [-0.4, -0.2) is 26.5 Å².